The second kappa shape index (κ2) is 7.45. The molecule has 1 aromatic rings. The lowest BCUT2D eigenvalue weighted by molar-refractivity contribution is 0.154. The molecular formula is C12H20ClN3O. The molecule has 0 unspecified atom stereocenters. The molecule has 5 heteroatoms. The van der Waals surface area contributed by atoms with Crippen LogP contribution in [0.2, 0.25) is 5.15 Å². The van der Waals surface area contributed by atoms with Crippen LogP contribution in [-0.4, -0.2) is 36.3 Å². The monoisotopic (exact) mass is 257 g/mol. The molecule has 0 aliphatic carbocycles. The number of likely N-dealkylation sites (N-methyl/N-ethyl adjacent to an activating group) is 1. The number of hydrogen-bond donors (Lipinski definition) is 0. The standard InChI is InChI=1S/C12H20ClN3O/c1-4-10-11(13)14-9-15-12(10)16(5-2)7-8-17-6-3/h9H,4-8H2,1-3H3. The third kappa shape index (κ3) is 3.82. The van der Waals surface area contributed by atoms with Crippen LogP contribution < -0.4 is 4.90 Å². The van der Waals surface area contributed by atoms with Gasteiger partial charge in [-0.05, 0) is 20.3 Å². The van der Waals surface area contributed by atoms with Gasteiger partial charge in [0, 0.05) is 25.3 Å². The van der Waals surface area contributed by atoms with Gasteiger partial charge < -0.3 is 9.64 Å². The zero-order valence-electron chi connectivity index (χ0n) is 10.7. The molecule has 0 radical (unpaired) electrons. The van der Waals surface area contributed by atoms with Crippen molar-refractivity contribution in [2.24, 2.45) is 0 Å². The van der Waals surface area contributed by atoms with Crippen LogP contribution in [0.25, 0.3) is 0 Å². The van der Waals surface area contributed by atoms with E-state index in [4.69, 9.17) is 16.3 Å². The maximum absolute atomic E-state index is 6.08. The number of rotatable bonds is 7. The number of anilines is 1. The average Bonchev–Trinajstić information content (AvgIpc) is 2.34. The minimum atomic E-state index is 0.548. The quantitative estimate of drug-likeness (QED) is 0.556. The summed E-state index contributed by atoms with van der Waals surface area (Å²) >= 11 is 6.08. The molecule has 1 aromatic heterocycles. The summed E-state index contributed by atoms with van der Waals surface area (Å²) in [5, 5.41) is 0.548. The Hall–Kier alpha value is -0.870. The molecule has 0 amide bonds. The van der Waals surface area contributed by atoms with Crippen molar-refractivity contribution in [1.82, 2.24) is 9.97 Å². The lowest BCUT2D eigenvalue weighted by Gasteiger charge is -2.24. The molecule has 0 spiro atoms. The van der Waals surface area contributed by atoms with Gasteiger partial charge in [0.1, 0.15) is 17.3 Å². The first kappa shape index (κ1) is 14.2. The molecule has 0 aliphatic heterocycles. The smallest absolute Gasteiger partial charge is 0.137 e. The van der Waals surface area contributed by atoms with Crippen molar-refractivity contribution < 1.29 is 4.74 Å². The zero-order chi connectivity index (χ0) is 12.7. The van der Waals surface area contributed by atoms with Gasteiger partial charge >= 0.3 is 0 Å². The first-order chi connectivity index (χ1) is 8.24. The second-order valence-corrected chi connectivity index (χ2v) is 3.95. The van der Waals surface area contributed by atoms with Crippen LogP contribution in [-0.2, 0) is 11.2 Å². The van der Waals surface area contributed by atoms with Crippen LogP contribution in [0.15, 0.2) is 6.33 Å². The number of ether oxygens (including phenoxy) is 1. The second-order valence-electron chi connectivity index (χ2n) is 3.60. The largest absolute Gasteiger partial charge is 0.380 e. The van der Waals surface area contributed by atoms with Gasteiger partial charge in [-0.3, -0.25) is 0 Å². The summed E-state index contributed by atoms with van der Waals surface area (Å²) in [4.78, 5) is 10.5. The predicted molar refractivity (Wildman–Crippen MR) is 70.8 cm³/mol. The van der Waals surface area contributed by atoms with E-state index in [1.54, 1.807) is 0 Å². The molecule has 0 saturated heterocycles. The lowest BCUT2D eigenvalue weighted by Crippen LogP contribution is -2.29. The van der Waals surface area contributed by atoms with Gasteiger partial charge in [0.05, 0.1) is 6.61 Å². The average molecular weight is 258 g/mol. The van der Waals surface area contributed by atoms with E-state index in [-0.39, 0.29) is 0 Å². The van der Waals surface area contributed by atoms with E-state index < -0.39 is 0 Å². The molecule has 4 nitrogen and oxygen atoms in total. The minimum absolute atomic E-state index is 0.548. The third-order valence-corrected chi connectivity index (χ3v) is 2.94. The fourth-order valence-corrected chi connectivity index (χ4v) is 1.95. The van der Waals surface area contributed by atoms with Crippen LogP contribution in [0.4, 0.5) is 5.82 Å². The Labute approximate surface area is 108 Å². The summed E-state index contributed by atoms with van der Waals surface area (Å²) in [6.07, 6.45) is 2.35. The Morgan fingerprint density at radius 1 is 1.29 bits per heavy atom. The van der Waals surface area contributed by atoms with Gasteiger partial charge in [0.25, 0.3) is 0 Å². The van der Waals surface area contributed by atoms with Gasteiger partial charge in [0.2, 0.25) is 0 Å². The van der Waals surface area contributed by atoms with Crippen LogP contribution >= 0.6 is 11.6 Å². The summed E-state index contributed by atoms with van der Waals surface area (Å²) in [5.74, 6) is 0.926. The molecule has 1 heterocycles. The predicted octanol–water partition coefficient (Wildman–Crippen LogP) is 2.56. The topological polar surface area (TPSA) is 38.2 Å². The lowest BCUT2D eigenvalue weighted by atomic mass is 10.2. The minimum Gasteiger partial charge on any atom is -0.380 e. The number of aromatic nitrogens is 2. The number of hydrogen-bond acceptors (Lipinski definition) is 4. The van der Waals surface area contributed by atoms with Crippen molar-refractivity contribution in [3.8, 4) is 0 Å². The van der Waals surface area contributed by atoms with E-state index in [2.05, 4.69) is 28.7 Å². The Morgan fingerprint density at radius 2 is 2.06 bits per heavy atom. The van der Waals surface area contributed by atoms with Crippen LogP contribution in [0.3, 0.4) is 0 Å². The van der Waals surface area contributed by atoms with Crippen molar-refractivity contribution >= 4 is 17.4 Å². The summed E-state index contributed by atoms with van der Waals surface area (Å²) in [6, 6.07) is 0. The summed E-state index contributed by atoms with van der Waals surface area (Å²) in [5.41, 5.74) is 1.01. The van der Waals surface area contributed by atoms with Gasteiger partial charge in [-0.15, -0.1) is 0 Å². The maximum Gasteiger partial charge on any atom is 0.137 e. The number of nitrogens with zero attached hydrogens (tertiary/aromatic N) is 3. The Balaban J connectivity index is 2.83. The highest BCUT2D eigenvalue weighted by molar-refractivity contribution is 6.30. The van der Waals surface area contributed by atoms with Crippen LogP contribution in [0.1, 0.15) is 26.3 Å². The van der Waals surface area contributed by atoms with Crippen LogP contribution in [0, 0.1) is 0 Å². The molecule has 17 heavy (non-hydrogen) atoms. The molecule has 0 aromatic carbocycles. The van der Waals surface area contributed by atoms with E-state index in [0.717, 1.165) is 37.5 Å². The normalized spacial score (nSPS) is 10.6. The van der Waals surface area contributed by atoms with Gasteiger partial charge in [-0.25, -0.2) is 9.97 Å². The van der Waals surface area contributed by atoms with Gasteiger partial charge in [0.15, 0.2) is 0 Å². The van der Waals surface area contributed by atoms with E-state index in [0.29, 0.717) is 11.8 Å². The molecular weight excluding hydrogens is 238 g/mol. The molecule has 96 valence electrons. The molecule has 0 fully saturated rings. The highest BCUT2D eigenvalue weighted by atomic mass is 35.5. The molecule has 0 N–H and O–H groups in total. The van der Waals surface area contributed by atoms with Crippen molar-refractivity contribution in [1.29, 1.82) is 0 Å². The molecule has 0 atom stereocenters. The van der Waals surface area contributed by atoms with Crippen molar-refractivity contribution in [3.05, 3.63) is 17.0 Å². The van der Waals surface area contributed by atoms with E-state index in [9.17, 15) is 0 Å². The van der Waals surface area contributed by atoms with Crippen molar-refractivity contribution in [2.45, 2.75) is 27.2 Å². The SMILES string of the molecule is CCOCCN(CC)c1ncnc(Cl)c1CC. The van der Waals surface area contributed by atoms with E-state index >= 15 is 0 Å². The third-order valence-electron chi connectivity index (χ3n) is 2.61. The Kier molecular flexibility index (Phi) is 6.22. The molecule has 1 rings (SSSR count). The van der Waals surface area contributed by atoms with Crippen molar-refractivity contribution in [2.75, 3.05) is 31.2 Å². The van der Waals surface area contributed by atoms with E-state index in [1.807, 2.05) is 6.92 Å². The highest BCUT2D eigenvalue weighted by Gasteiger charge is 2.13. The van der Waals surface area contributed by atoms with Crippen molar-refractivity contribution in [3.63, 3.8) is 0 Å². The fraction of sp³-hybridized carbons (Fsp3) is 0.667. The molecule has 0 saturated carbocycles. The number of halogens is 1. The van der Waals surface area contributed by atoms with E-state index in [1.165, 1.54) is 6.33 Å². The van der Waals surface area contributed by atoms with Crippen LogP contribution in [0.5, 0.6) is 0 Å². The highest BCUT2D eigenvalue weighted by Crippen LogP contribution is 2.23. The maximum atomic E-state index is 6.08. The fourth-order valence-electron chi connectivity index (χ4n) is 1.69. The van der Waals surface area contributed by atoms with Gasteiger partial charge in [-0.2, -0.15) is 0 Å². The zero-order valence-corrected chi connectivity index (χ0v) is 11.5. The van der Waals surface area contributed by atoms with Gasteiger partial charge in [-0.1, -0.05) is 18.5 Å². The summed E-state index contributed by atoms with van der Waals surface area (Å²) in [7, 11) is 0. The Bertz CT molecular complexity index is 347. The summed E-state index contributed by atoms with van der Waals surface area (Å²) in [6.45, 7) is 9.30. The molecule has 0 bridgehead atoms. The molecule has 0 aliphatic rings. The first-order valence-corrected chi connectivity index (χ1v) is 6.44. The first-order valence-electron chi connectivity index (χ1n) is 6.06. The summed E-state index contributed by atoms with van der Waals surface area (Å²) < 4.78 is 5.37. The Morgan fingerprint density at radius 3 is 2.65 bits per heavy atom.